The molecular formula is C14H12FN3O4. The van der Waals surface area contributed by atoms with E-state index in [-0.39, 0.29) is 11.6 Å². The second kappa shape index (κ2) is 6.53. The van der Waals surface area contributed by atoms with Crippen molar-refractivity contribution in [2.75, 3.05) is 12.5 Å². The lowest BCUT2D eigenvalue weighted by atomic mass is 10.2. The van der Waals surface area contributed by atoms with E-state index < -0.39 is 16.4 Å². The van der Waals surface area contributed by atoms with Crippen LogP contribution in [0, 0.1) is 15.9 Å². The Hall–Kier alpha value is -3.16. The molecule has 0 aliphatic rings. The molecule has 2 aromatic rings. The van der Waals surface area contributed by atoms with E-state index in [2.05, 4.69) is 10.5 Å². The Kier molecular flexibility index (Phi) is 4.52. The van der Waals surface area contributed by atoms with Crippen LogP contribution in [0.25, 0.3) is 0 Å². The number of nitro groups is 1. The van der Waals surface area contributed by atoms with Crippen molar-refractivity contribution in [3.63, 3.8) is 0 Å². The van der Waals surface area contributed by atoms with Crippen molar-refractivity contribution in [3.05, 3.63) is 57.9 Å². The SMILES string of the molecule is COc1cc(/C=N/Nc2ccc(F)cc2)cc([N+](=O)[O-])c1O. The number of aromatic hydroxyl groups is 1. The summed E-state index contributed by atoms with van der Waals surface area (Å²) in [6, 6.07) is 8.09. The molecule has 0 fully saturated rings. The molecule has 2 rings (SSSR count). The van der Waals surface area contributed by atoms with Crippen LogP contribution >= 0.6 is 0 Å². The Bertz CT molecular complexity index is 717. The Morgan fingerprint density at radius 3 is 2.64 bits per heavy atom. The number of methoxy groups -OCH3 is 1. The first-order chi connectivity index (χ1) is 10.5. The topological polar surface area (TPSA) is 97.0 Å². The predicted molar refractivity (Wildman–Crippen MR) is 78.9 cm³/mol. The number of nitro benzene ring substituents is 1. The molecule has 0 atom stereocenters. The van der Waals surface area contributed by atoms with Gasteiger partial charge in [-0.2, -0.15) is 5.10 Å². The number of benzene rings is 2. The molecule has 0 aromatic heterocycles. The lowest BCUT2D eigenvalue weighted by Crippen LogP contribution is -1.96. The Morgan fingerprint density at radius 2 is 2.05 bits per heavy atom. The van der Waals surface area contributed by atoms with Crippen LogP contribution in [0.5, 0.6) is 11.5 Å². The third-order valence-corrected chi connectivity index (χ3v) is 2.75. The van der Waals surface area contributed by atoms with E-state index in [0.717, 1.165) is 6.07 Å². The maximum atomic E-state index is 12.7. The fourth-order valence-electron chi connectivity index (χ4n) is 1.69. The molecule has 0 spiro atoms. The van der Waals surface area contributed by atoms with Crippen molar-refractivity contribution in [2.24, 2.45) is 5.10 Å². The Morgan fingerprint density at radius 1 is 1.36 bits per heavy atom. The highest BCUT2D eigenvalue weighted by Crippen LogP contribution is 2.36. The minimum absolute atomic E-state index is 0.0302. The highest BCUT2D eigenvalue weighted by Gasteiger charge is 2.19. The molecular weight excluding hydrogens is 293 g/mol. The van der Waals surface area contributed by atoms with Gasteiger partial charge in [0.05, 0.1) is 23.9 Å². The second-order valence-corrected chi connectivity index (χ2v) is 4.22. The summed E-state index contributed by atoms with van der Waals surface area (Å²) in [5, 5.41) is 24.4. The van der Waals surface area contributed by atoms with E-state index in [1.807, 2.05) is 0 Å². The summed E-state index contributed by atoms with van der Waals surface area (Å²) in [5.41, 5.74) is 3.08. The minimum atomic E-state index is -0.720. The number of hydrazone groups is 1. The lowest BCUT2D eigenvalue weighted by Gasteiger charge is -2.05. The Balaban J connectivity index is 2.21. The molecule has 0 saturated carbocycles. The number of hydrogen-bond donors (Lipinski definition) is 2. The number of nitrogens with one attached hydrogen (secondary N) is 1. The van der Waals surface area contributed by atoms with Crippen LogP contribution in [0.3, 0.4) is 0 Å². The van der Waals surface area contributed by atoms with Crippen molar-refractivity contribution >= 4 is 17.6 Å². The van der Waals surface area contributed by atoms with E-state index >= 15 is 0 Å². The number of phenolic OH excluding ortho intramolecular Hbond substituents is 1. The first-order valence-corrected chi connectivity index (χ1v) is 6.11. The van der Waals surface area contributed by atoms with Gasteiger partial charge in [-0.25, -0.2) is 4.39 Å². The lowest BCUT2D eigenvalue weighted by molar-refractivity contribution is -0.386. The van der Waals surface area contributed by atoms with Crippen LogP contribution in [0.15, 0.2) is 41.5 Å². The molecule has 2 N–H and O–H groups in total. The average Bonchev–Trinajstić information content (AvgIpc) is 2.50. The van der Waals surface area contributed by atoms with Gasteiger partial charge in [0.1, 0.15) is 5.82 Å². The van der Waals surface area contributed by atoms with Crippen LogP contribution in [-0.4, -0.2) is 23.4 Å². The van der Waals surface area contributed by atoms with Crippen molar-refractivity contribution in [1.82, 2.24) is 0 Å². The molecule has 0 saturated heterocycles. The van der Waals surface area contributed by atoms with Crippen LogP contribution in [-0.2, 0) is 0 Å². The average molecular weight is 305 g/mol. The summed E-state index contributed by atoms with van der Waals surface area (Å²) in [7, 11) is 1.29. The molecule has 0 bridgehead atoms. The summed E-state index contributed by atoms with van der Waals surface area (Å²) in [5.74, 6) is -0.943. The molecule has 2 aromatic carbocycles. The number of rotatable bonds is 5. The van der Waals surface area contributed by atoms with Gasteiger partial charge in [0.2, 0.25) is 5.75 Å². The van der Waals surface area contributed by atoms with Crippen molar-refractivity contribution in [1.29, 1.82) is 0 Å². The summed E-state index contributed by atoms with van der Waals surface area (Å²) in [6.07, 6.45) is 1.32. The van der Waals surface area contributed by atoms with E-state index in [4.69, 9.17) is 4.74 Å². The third-order valence-electron chi connectivity index (χ3n) is 2.75. The van der Waals surface area contributed by atoms with Gasteiger partial charge in [-0.15, -0.1) is 0 Å². The van der Waals surface area contributed by atoms with Crippen LogP contribution in [0.1, 0.15) is 5.56 Å². The molecule has 7 nitrogen and oxygen atoms in total. The highest BCUT2D eigenvalue weighted by atomic mass is 19.1. The quantitative estimate of drug-likeness (QED) is 0.503. The van der Waals surface area contributed by atoms with Crippen LogP contribution in [0.4, 0.5) is 15.8 Å². The summed E-state index contributed by atoms with van der Waals surface area (Å²) < 4.78 is 17.6. The third kappa shape index (κ3) is 3.48. The number of hydrogen-bond acceptors (Lipinski definition) is 6. The summed E-state index contributed by atoms with van der Waals surface area (Å²) >= 11 is 0. The maximum Gasteiger partial charge on any atom is 0.315 e. The molecule has 114 valence electrons. The zero-order valence-electron chi connectivity index (χ0n) is 11.5. The number of phenols is 1. The maximum absolute atomic E-state index is 12.7. The zero-order valence-corrected chi connectivity index (χ0v) is 11.5. The van der Waals surface area contributed by atoms with Gasteiger partial charge in [0.25, 0.3) is 0 Å². The molecule has 22 heavy (non-hydrogen) atoms. The van der Waals surface area contributed by atoms with Gasteiger partial charge in [-0.05, 0) is 30.3 Å². The monoisotopic (exact) mass is 305 g/mol. The summed E-state index contributed by atoms with van der Waals surface area (Å²) in [6.45, 7) is 0. The summed E-state index contributed by atoms with van der Waals surface area (Å²) in [4.78, 5) is 10.1. The van der Waals surface area contributed by atoms with Gasteiger partial charge in [0, 0.05) is 11.6 Å². The van der Waals surface area contributed by atoms with E-state index in [1.54, 1.807) is 0 Å². The highest BCUT2D eigenvalue weighted by molar-refractivity contribution is 5.83. The molecule has 0 heterocycles. The van der Waals surface area contributed by atoms with E-state index in [0.29, 0.717) is 11.3 Å². The molecule has 0 aliphatic carbocycles. The van der Waals surface area contributed by atoms with Crippen molar-refractivity contribution < 1.29 is 19.2 Å². The molecule has 8 heteroatoms. The van der Waals surface area contributed by atoms with Gasteiger partial charge in [-0.3, -0.25) is 15.5 Å². The van der Waals surface area contributed by atoms with Gasteiger partial charge in [-0.1, -0.05) is 0 Å². The number of ether oxygens (including phenoxy) is 1. The van der Waals surface area contributed by atoms with E-state index in [1.165, 1.54) is 43.7 Å². The van der Waals surface area contributed by atoms with Crippen molar-refractivity contribution in [3.8, 4) is 11.5 Å². The molecule has 0 radical (unpaired) electrons. The molecule has 0 aliphatic heterocycles. The standard InChI is InChI=1S/C14H12FN3O4/c1-22-13-7-9(6-12(14(13)19)18(20)21)8-16-17-11-4-2-10(15)3-5-11/h2-8,17,19H,1H3/b16-8+. The van der Waals surface area contributed by atoms with Crippen LogP contribution < -0.4 is 10.2 Å². The molecule has 0 amide bonds. The fourth-order valence-corrected chi connectivity index (χ4v) is 1.69. The normalized spacial score (nSPS) is 10.6. The van der Waals surface area contributed by atoms with Crippen molar-refractivity contribution in [2.45, 2.75) is 0 Å². The number of nitrogens with zero attached hydrogens (tertiary/aromatic N) is 2. The predicted octanol–water partition coefficient (Wildman–Crippen LogP) is 2.89. The second-order valence-electron chi connectivity index (χ2n) is 4.22. The van der Waals surface area contributed by atoms with Gasteiger partial charge >= 0.3 is 5.69 Å². The minimum Gasteiger partial charge on any atom is -0.500 e. The fraction of sp³-hybridized carbons (Fsp3) is 0.0714. The smallest absolute Gasteiger partial charge is 0.315 e. The first kappa shape index (κ1) is 15.2. The van der Waals surface area contributed by atoms with Gasteiger partial charge < -0.3 is 9.84 Å². The largest absolute Gasteiger partial charge is 0.500 e. The molecule has 0 unspecified atom stereocenters. The van der Waals surface area contributed by atoms with Crippen LogP contribution in [0.2, 0.25) is 0 Å². The number of anilines is 1. The first-order valence-electron chi connectivity index (χ1n) is 6.11. The Labute approximate surface area is 124 Å². The van der Waals surface area contributed by atoms with E-state index in [9.17, 15) is 19.6 Å². The number of halogens is 1. The zero-order chi connectivity index (χ0) is 16.1. The van der Waals surface area contributed by atoms with Gasteiger partial charge in [0.15, 0.2) is 5.75 Å².